The average Bonchev–Trinajstić information content (AvgIpc) is 2.71. The minimum absolute atomic E-state index is 0.00698. The molecule has 0 atom stereocenters. The third-order valence-electron chi connectivity index (χ3n) is 4.36. The fourth-order valence-electron chi connectivity index (χ4n) is 3.09. The van der Waals surface area contributed by atoms with Crippen molar-refractivity contribution in [3.8, 4) is 0 Å². The summed E-state index contributed by atoms with van der Waals surface area (Å²) in [6.45, 7) is 0. The summed E-state index contributed by atoms with van der Waals surface area (Å²) in [7, 11) is 0. The first-order valence-corrected chi connectivity index (χ1v) is 9.70. The van der Waals surface area contributed by atoms with Crippen molar-refractivity contribution in [2.24, 2.45) is 0 Å². The molecule has 0 unspecified atom stereocenters. The number of fused-ring (bicyclic) bond motifs is 1. The van der Waals surface area contributed by atoms with E-state index in [0.29, 0.717) is 6.42 Å². The Morgan fingerprint density at radius 2 is 1.44 bits per heavy atom. The first-order valence-electron chi connectivity index (χ1n) is 8.88. The smallest absolute Gasteiger partial charge is 0.228 e. The maximum Gasteiger partial charge on any atom is 0.228 e. The fourth-order valence-corrected chi connectivity index (χ4v) is 4.01. The first kappa shape index (κ1) is 17.4. The number of anilines is 1. The molecule has 3 heteroatoms. The summed E-state index contributed by atoms with van der Waals surface area (Å²) in [5.41, 5.74) is 1.88. The van der Waals surface area contributed by atoms with Crippen LogP contribution in [0.4, 0.5) is 5.69 Å². The monoisotopic (exact) mass is 369 g/mol. The third kappa shape index (κ3) is 4.21. The Morgan fingerprint density at radius 3 is 2.33 bits per heavy atom. The van der Waals surface area contributed by atoms with Crippen molar-refractivity contribution in [1.29, 1.82) is 0 Å². The summed E-state index contributed by atoms with van der Waals surface area (Å²) in [6.07, 6.45) is 0.353. The van der Waals surface area contributed by atoms with Crippen LogP contribution in [0.3, 0.4) is 0 Å². The minimum atomic E-state index is -0.00698. The second kappa shape index (κ2) is 8.11. The van der Waals surface area contributed by atoms with Crippen LogP contribution in [0, 0.1) is 0 Å². The van der Waals surface area contributed by atoms with E-state index >= 15 is 0 Å². The molecule has 4 rings (SSSR count). The molecule has 4 aromatic rings. The Hall–Kier alpha value is -3.04. The topological polar surface area (TPSA) is 29.1 Å². The standard InChI is InChI=1S/C24H19NOS/c26-24(17-19-11-8-10-18-9-4-5-14-21(18)19)25-22-15-6-7-16-23(22)27-20-12-2-1-3-13-20/h1-16H,17H2,(H,25,26). The van der Waals surface area contributed by atoms with Gasteiger partial charge in [0.2, 0.25) is 5.91 Å². The van der Waals surface area contributed by atoms with Crippen LogP contribution in [-0.2, 0) is 11.2 Å². The fraction of sp³-hybridized carbons (Fsp3) is 0.0417. The molecule has 0 aromatic heterocycles. The second-order valence-corrected chi connectivity index (χ2v) is 7.39. The Morgan fingerprint density at radius 1 is 0.741 bits per heavy atom. The number of nitrogens with one attached hydrogen (secondary N) is 1. The molecule has 1 amide bonds. The molecular weight excluding hydrogens is 350 g/mol. The zero-order valence-corrected chi connectivity index (χ0v) is 15.6. The van der Waals surface area contributed by atoms with Crippen LogP contribution in [-0.4, -0.2) is 5.91 Å². The number of benzene rings is 4. The van der Waals surface area contributed by atoms with Gasteiger partial charge in [0.15, 0.2) is 0 Å². The van der Waals surface area contributed by atoms with E-state index in [4.69, 9.17) is 0 Å². The second-order valence-electron chi connectivity index (χ2n) is 6.27. The third-order valence-corrected chi connectivity index (χ3v) is 5.45. The molecular formula is C24H19NOS. The summed E-state index contributed by atoms with van der Waals surface area (Å²) in [5, 5.41) is 5.37. The van der Waals surface area contributed by atoms with E-state index in [2.05, 4.69) is 35.6 Å². The summed E-state index contributed by atoms with van der Waals surface area (Å²) >= 11 is 1.65. The largest absolute Gasteiger partial charge is 0.325 e. The molecule has 0 heterocycles. The van der Waals surface area contributed by atoms with Gasteiger partial charge < -0.3 is 5.32 Å². The summed E-state index contributed by atoms with van der Waals surface area (Å²) in [4.78, 5) is 14.9. The van der Waals surface area contributed by atoms with Crippen molar-refractivity contribution in [3.05, 3.63) is 103 Å². The summed E-state index contributed by atoms with van der Waals surface area (Å²) in [5.74, 6) is -0.00698. The molecule has 27 heavy (non-hydrogen) atoms. The van der Waals surface area contributed by atoms with Gasteiger partial charge in [0, 0.05) is 9.79 Å². The highest BCUT2D eigenvalue weighted by atomic mass is 32.2. The van der Waals surface area contributed by atoms with E-state index < -0.39 is 0 Å². The van der Waals surface area contributed by atoms with Crippen molar-refractivity contribution in [2.75, 3.05) is 5.32 Å². The quantitative estimate of drug-likeness (QED) is 0.456. The molecule has 132 valence electrons. The van der Waals surface area contributed by atoms with Gasteiger partial charge in [0.05, 0.1) is 12.1 Å². The molecule has 4 aromatic carbocycles. The van der Waals surface area contributed by atoms with Gasteiger partial charge in [-0.1, -0.05) is 84.6 Å². The van der Waals surface area contributed by atoms with Gasteiger partial charge in [-0.25, -0.2) is 0 Å². The lowest BCUT2D eigenvalue weighted by atomic mass is 10.0. The predicted octanol–water partition coefficient (Wildman–Crippen LogP) is 6.17. The number of rotatable bonds is 5. The van der Waals surface area contributed by atoms with Crippen LogP contribution in [0.1, 0.15) is 5.56 Å². The molecule has 0 aliphatic heterocycles. The van der Waals surface area contributed by atoms with Crippen LogP contribution in [0.2, 0.25) is 0 Å². The molecule has 0 bridgehead atoms. The van der Waals surface area contributed by atoms with Gasteiger partial charge in [-0.3, -0.25) is 4.79 Å². The molecule has 0 aliphatic rings. The molecule has 0 saturated heterocycles. The van der Waals surface area contributed by atoms with Gasteiger partial charge in [0.1, 0.15) is 0 Å². The van der Waals surface area contributed by atoms with Crippen LogP contribution in [0.15, 0.2) is 107 Å². The number of hydrogen-bond acceptors (Lipinski definition) is 2. The van der Waals surface area contributed by atoms with Crippen LogP contribution in [0.5, 0.6) is 0 Å². The number of carbonyl (C=O) groups excluding carboxylic acids is 1. The van der Waals surface area contributed by atoms with Gasteiger partial charge in [-0.15, -0.1) is 0 Å². The van der Waals surface area contributed by atoms with Crippen molar-refractivity contribution in [2.45, 2.75) is 16.2 Å². The summed E-state index contributed by atoms with van der Waals surface area (Å²) in [6, 6.07) is 32.4. The number of amides is 1. The van der Waals surface area contributed by atoms with Gasteiger partial charge >= 0.3 is 0 Å². The van der Waals surface area contributed by atoms with E-state index in [1.54, 1.807) is 11.8 Å². The lowest BCUT2D eigenvalue weighted by Crippen LogP contribution is -2.15. The maximum absolute atomic E-state index is 12.7. The van der Waals surface area contributed by atoms with Crippen LogP contribution >= 0.6 is 11.8 Å². The molecule has 0 spiro atoms. The van der Waals surface area contributed by atoms with Crippen molar-refractivity contribution < 1.29 is 4.79 Å². The number of carbonyl (C=O) groups is 1. The molecule has 0 saturated carbocycles. The zero-order valence-electron chi connectivity index (χ0n) is 14.8. The highest BCUT2D eigenvalue weighted by Crippen LogP contribution is 2.33. The Kier molecular flexibility index (Phi) is 5.22. The molecule has 0 radical (unpaired) electrons. The molecule has 2 nitrogen and oxygen atoms in total. The van der Waals surface area contributed by atoms with Gasteiger partial charge in [-0.2, -0.15) is 0 Å². The zero-order chi connectivity index (χ0) is 18.5. The van der Waals surface area contributed by atoms with Gasteiger partial charge in [-0.05, 0) is 40.6 Å². The molecule has 1 N–H and O–H groups in total. The SMILES string of the molecule is O=C(Cc1cccc2ccccc12)Nc1ccccc1Sc1ccccc1. The lowest BCUT2D eigenvalue weighted by molar-refractivity contribution is -0.115. The van der Waals surface area contributed by atoms with Gasteiger partial charge in [0.25, 0.3) is 0 Å². The molecule has 0 fully saturated rings. The first-order chi connectivity index (χ1) is 13.3. The lowest BCUT2D eigenvalue weighted by Gasteiger charge is -2.12. The highest BCUT2D eigenvalue weighted by molar-refractivity contribution is 7.99. The van der Waals surface area contributed by atoms with Crippen LogP contribution < -0.4 is 5.32 Å². The maximum atomic E-state index is 12.7. The molecule has 0 aliphatic carbocycles. The van der Waals surface area contributed by atoms with E-state index in [9.17, 15) is 4.79 Å². The predicted molar refractivity (Wildman–Crippen MR) is 113 cm³/mol. The van der Waals surface area contributed by atoms with Crippen molar-refractivity contribution in [3.63, 3.8) is 0 Å². The van der Waals surface area contributed by atoms with E-state index in [0.717, 1.165) is 31.8 Å². The summed E-state index contributed by atoms with van der Waals surface area (Å²) < 4.78 is 0. The van der Waals surface area contributed by atoms with E-state index in [1.807, 2.05) is 66.7 Å². The van der Waals surface area contributed by atoms with E-state index in [1.165, 1.54) is 0 Å². The highest BCUT2D eigenvalue weighted by Gasteiger charge is 2.10. The Bertz CT molecular complexity index is 1070. The van der Waals surface area contributed by atoms with Crippen LogP contribution in [0.25, 0.3) is 10.8 Å². The van der Waals surface area contributed by atoms with E-state index in [-0.39, 0.29) is 5.91 Å². The number of para-hydroxylation sites is 1. The van der Waals surface area contributed by atoms with Crippen molar-refractivity contribution >= 4 is 34.1 Å². The Labute approximate surface area is 163 Å². The minimum Gasteiger partial charge on any atom is -0.325 e. The Balaban J connectivity index is 1.53. The van der Waals surface area contributed by atoms with Crippen molar-refractivity contribution in [1.82, 2.24) is 0 Å². The average molecular weight is 369 g/mol. The normalized spacial score (nSPS) is 10.7. The number of hydrogen-bond donors (Lipinski definition) is 1.